The summed E-state index contributed by atoms with van der Waals surface area (Å²) in [4.78, 5) is 0. The van der Waals surface area contributed by atoms with Gasteiger partial charge in [0.05, 0.1) is 12.7 Å². The van der Waals surface area contributed by atoms with Crippen molar-refractivity contribution >= 4 is 0 Å². The minimum absolute atomic E-state index is 0.0916. The van der Waals surface area contributed by atoms with Gasteiger partial charge < -0.3 is 20.1 Å². The molecule has 1 saturated heterocycles. The number of hydrogen-bond donors (Lipinski definition) is 3. The molecule has 1 aliphatic rings. The molecule has 0 bridgehead atoms. The molecule has 78 valence electrons. The SMILES string of the molecule is CCC[C@@]1(O)C(C)OC[C@H](O)C1O. The number of hydrogen-bond acceptors (Lipinski definition) is 4. The van der Waals surface area contributed by atoms with Gasteiger partial charge in [0.2, 0.25) is 0 Å². The van der Waals surface area contributed by atoms with E-state index in [0.717, 1.165) is 6.42 Å². The molecular weight excluding hydrogens is 172 g/mol. The molecule has 2 unspecified atom stereocenters. The van der Waals surface area contributed by atoms with E-state index in [-0.39, 0.29) is 6.61 Å². The van der Waals surface area contributed by atoms with Crippen molar-refractivity contribution in [2.24, 2.45) is 0 Å². The summed E-state index contributed by atoms with van der Waals surface area (Å²) in [6.07, 6.45) is -1.32. The maximum absolute atomic E-state index is 10.0. The minimum Gasteiger partial charge on any atom is -0.388 e. The summed E-state index contributed by atoms with van der Waals surface area (Å²) in [7, 11) is 0. The zero-order chi connectivity index (χ0) is 10.1. The molecule has 1 heterocycles. The van der Waals surface area contributed by atoms with Gasteiger partial charge in [0.1, 0.15) is 17.8 Å². The zero-order valence-electron chi connectivity index (χ0n) is 8.10. The molecule has 0 aromatic heterocycles. The van der Waals surface area contributed by atoms with Crippen LogP contribution in [0.15, 0.2) is 0 Å². The van der Waals surface area contributed by atoms with E-state index in [9.17, 15) is 15.3 Å². The van der Waals surface area contributed by atoms with Crippen molar-refractivity contribution < 1.29 is 20.1 Å². The van der Waals surface area contributed by atoms with Crippen LogP contribution >= 0.6 is 0 Å². The molecule has 0 radical (unpaired) electrons. The van der Waals surface area contributed by atoms with Crippen LogP contribution in [0.1, 0.15) is 26.7 Å². The smallest absolute Gasteiger partial charge is 0.119 e. The Balaban J connectivity index is 2.75. The molecule has 13 heavy (non-hydrogen) atoms. The van der Waals surface area contributed by atoms with Gasteiger partial charge in [0.15, 0.2) is 0 Å². The molecule has 1 fully saturated rings. The van der Waals surface area contributed by atoms with Gasteiger partial charge in [-0.2, -0.15) is 0 Å². The van der Waals surface area contributed by atoms with Crippen LogP contribution in [0, 0.1) is 0 Å². The van der Waals surface area contributed by atoms with Crippen LogP contribution in [0.5, 0.6) is 0 Å². The van der Waals surface area contributed by atoms with Crippen LogP contribution in [0.3, 0.4) is 0 Å². The quantitative estimate of drug-likeness (QED) is 0.557. The van der Waals surface area contributed by atoms with Crippen molar-refractivity contribution in [3.05, 3.63) is 0 Å². The summed E-state index contributed by atoms with van der Waals surface area (Å²) in [5.41, 5.74) is -1.30. The molecule has 0 spiro atoms. The Hall–Kier alpha value is -0.160. The Bertz CT molecular complexity index is 173. The standard InChI is InChI=1S/C9H18O4/c1-3-4-9(12)6(2)13-5-7(10)8(9)11/h6-8,10-12H,3-5H2,1-2H3/t6?,7-,8?,9+/m0/s1. The highest BCUT2D eigenvalue weighted by atomic mass is 16.5. The fourth-order valence-corrected chi connectivity index (χ4v) is 1.80. The Labute approximate surface area is 78.1 Å². The van der Waals surface area contributed by atoms with Gasteiger partial charge in [-0.05, 0) is 13.3 Å². The van der Waals surface area contributed by atoms with Gasteiger partial charge in [-0.3, -0.25) is 0 Å². The molecule has 0 aromatic rings. The highest BCUT2D eigenvalue weighted by Crippen LogP contribution is 2.30. The van der Waals surface area contributed by atoms with Gasteiger partial charge in [0.25, 0.3) is 0 Å². The molecule has 1 aliphatic heterocycles. The Morgan fingerprint density at radius 3 is 2.62 bits per heavy atom. The zero-order valence-corrected chi connectivity index (χ0v) is 8.10. The summed E-state index contributed by atoms with van der Waals surface area (Å²) in [6.45, 7) is 3.72. The topological polar surface area (TPSA) is 69.9 Å². The van der Waals surface area contributed by atoms with Crippen LogP contribution in [-0.4, -0.2) is 45.8 Å². The molecule has 1 rings (SSSR count). The van der Waals surface area contributed by atoms with Crippen LogP contribution in [-0.2, 0) is 4.74 Å². The molecule has 4 atom stereocenters. The number of aliphatic hydroxyl groups excluding tert-OH is 2. The van der Waals surface area contributed by atoms with Gasteiger partial charge in [-0.1, -0.05) is 13.3 Å². The van der Waals surface area contributed by atoms with E-state index < -0.39 is 23.9 Å². The predicted octanol–water partition coefficient (Wildman–Crippen LogP) is -0.342. The first kappa shape index (κ1) is 10.9. The third kappa shape index (κ3) is 1.86. The first-order valence-corrected chi connectivity index (χ1v) is 4.72. The van der Waals surface area contributed by atoms with E-state index in [0.29, 0.717) is 6.42 Å². The first-order chi connectivity index (χ1) is 6.02. The lowest BCUT2D eigenvalue weighted by Gasteiger charge is -2.44. The van der Waals surface area contributed by atoms with Crippen LogP contribution < -0.4 is 0 Å². The largest absolute Gasteiger partial charge is 0.388 e. The molecule has 0 saturated carbocycles. The predicted molar refractivity (Wildman–Crippen MR) is 47.3 cm³/mol. The van der Waals surface area contributed by atoms with E-state index in [1.54, 1.807) is 6.92 Å². The molecule has 4 heteroatoms. The average Bonchev–Trinajstić information content (AvgIpc) is 2.10. The molecule has 4 nitrogen and oxygen atoms in total. The highest BCUT2D eigenvalue weighted by Gasteiger charge is 2.48. The second-order valence-corrected chi connectivity index (χ2v) is 3.73. The van der Waals surface area contributed by atoms with E-state index in [1.807, 2.05) is 6.92 Å². The van der Waals surface area contributed by atoms with Crippen molar-refractivity contribution in [3.63, 3.8) is 0 Å². The van der Waals surface area contributed by atoms with Crippen LogP contribution in [0.4, 0.5) is 0 Å². The van der Waals surface area contributed by atoms with Gasteiger partial charge in [-0.25, -0.2) is 0 Å². The third-order valence-electron chi connectivity index (χ3n) is 2.75. The van der Waals surface area contributed by atoms with Crippen molar-refractivity contribution in [2.75, 3.05) is 6.61 Å². The fourth-order valence-electron chi connectivity index (χ4n) is 1.80. The minimum atomic E-state index is -1.30. The molecule has 0 amide bonds. The lowest BCUT2D eigenvalue weighted by molar-refractivity contribution is -0.239. The highest BCUT2D eigenvalue weighted by molar-refractivity contribution is 4.98. The normalized spacial score (nSPS) is 46.4. The number of rotatable bonds is 2. The average molecular weight is 190 g/mol. The van der Waals surface area contributed by atoms with Crippen molar-refractivity contribution in [3.8, 4) is 0 Å². The number of ether oxygens (including phenoxy) is 1. The van der Waals surface area contributed by atoms with Crippen LogP contribution in [0.25, 0.3) is 0 Å². The maximum Gasteiger partial charge on any atom is 0.119 e. The Morgan fingerprint density at radius 2 is 2.08 bits per heavy atom. The lowest BCUT2D eigenvalue weighted by atomic mass is 9.82. The molecular formula is C9H18O4. The third-order valence-corrected chi connectivity index (χ3v) is 2.75. The molecule has 0 aromatic carbocycles. The number of aliphatic hydroxyl groups is 3. The van der Waals surface area contributed by atoms with E-state index in [2.05, 4.69) is 0 Å². The fraction of sp³-hybridized carbons (Fsp3) is 1.00. The maximum atomic E-state index is 10.0. The van der Waals surface area contributed by atoms with Crippen molar-refractivity contribution in [2.45, 2.75) is 50.6 Å². The van der Waals surface area contributed by atoms with E-state index >= 15 is 0 Å². The van der Waals surface area contributed by atoms with E-state index in [4.69, 9.17) is 4.74 Å². The first-order valence-electron chi connectivity index (χ1n) is 4.72. The van der Waals surface area contributed by atoms with E-state index in [1.165, 1.54) is 0 Å². The molecule has 3 N–H and O–H groups in total. The summed E-state index contributed by atoms with van der Waals surface area (Å²) >= 11 is 0. The Kier molecular flexibility index (Phi) is 3.29. The second-order valence-electron chi connectivity index (χ2n) is 3.73. The lowest BCUT2D eigenvalue weighted by Crippen LogP contribution is -2.61. The van der Waals surface area contributed by atoms with Gasteiger partial charge >= 0.3 is 0 Å². The van der Waals surface area contributed by atoms with Gasteiger partial charge in [0, 0.05) is 0 Å². The van der Waals surface area contributed by atoms with Crippen LogP contribution in [0.2, 0.25) is 0 Å². The van der Waals surface area contributed by atoms with Crippen molar-refractivity contribution in [1.82, 2.24) is 0 Å². The summed E-state index contributed by atoms with van der Waals surface area (Å²) in [6, 6.07) is 0. The summed E-state index contributed by atoms with van der Waals surface area (Å²) in [5, 5.41) is 29.0. The molecule has 0 aliphatic carbocycles. The summed E-state index contributed by atoms with van der Waals surface area (Å²) < 4.78 is 5.17. The monoisotopic (exact) mass is 190 g/mol. The summed E-state index contributed by atoms with van der Waals surface area (Å²) in [5.74, 6) is 0. The van der Waals surface area contributed by atoms with Crippen molar-refractivity contribution in [1.29, 1.82) is 0 Å². The second kappa shape index (κ2) is 3.92. The van der Waals surface area contributed by atoms with Gasteiger partial charge in [-0.15, -0.1) is 0 Å². The Morgan fingerprint density at radius 1 is 1.46 bits per heavy atom.